The van der Waals surface area contributed by atoms with Gasteiger partial charge in [-0.25, -0.2) is 4.79 Å². The number of amides is 1. The van der Waals surface area contributed by atoms with E-state index in [4.69, 9.17) is 0 Å². The smallest absolute Gasteiger partial charge is 0.251 e. The van der Waals surface area contributed by atoms with E-state index in [1.165, 1.54) is 12.2 Å². The van der Waals surface area contributed by atoms with Gasteiger partial charge in [0, 0.05) is 18.3 Å². The second-order valence-corrected chi connectivity index (χ2v) is 3.07. The predicted molar refractivity (Wildman–Crippen MR) is 55.7 cm³/mol. The van der Waals surface area contributed by atoms with Crippen molar-refractivity contribution in [2.75, 3.05) is 11.4 Å². The van der Waals surface area contributed by atoms with E-state index in [2.05, 4.69) is 4.99 Å². The van der Waals surface area contributed by atoms with Crippen molar-refractivity contribution in [3.8, 4) is 0 Å². The summed E-state index contributed by atoms with van der Waals surface area (Å²) in [6.45, 7) is 0.592. The third-order valence-electron chi connectivity index (χ3n) is 2.15. The first kappa shape index (κ1) is 9.37. The van der Waals surface area contributed by atoms with Crippen molar-refractivity contribution in [2.45, 2.75) is 0 Å². The first-order valence-electron chi connectivity index (χ1n) is 4.47. The maximum atomic E-state index is 11.3. The molecule has 0 saturated carbocycles. The van der Waals surface area contributed by atoms with E-state index in [1.807, 2.05) is 0 Å². The van der Waals surface area contributed by atoms with Crippen molar-refractivity contribution < 1.29 is 9.59 Å². The summed E-state index contributed by atoms with van der Waals surface area (Å²) in [4.78, 5) is 26.4. The summed E-state index contributed by atoms with van der Waals surface area (Å²) >= 11 is 0. The minimum absolute atomic E-state index is 0.0263. The molecule has 0 aliphatic carbocycles. The number of isocyanates is 1. The molecule has 1 amide bonds. The Bertz CT molecular complexity index is 456. The molecule has 0 spiro atoms. The number of benzene rings is 1. The van der Waals surface area contributed by atoms with Crippen LogP contribution in [0.2, 0.25) is 0 Å². The summed E-state index contributed by atoms with van der Waals surface area (Å²) in [6, 6.07) is 6.85. The molecule has 4 heteroatoms. The molecule has 0 bridgehead atoms. The monoisotopic (exact) mass is 200 g/mol. The quantitative estimate of drug-likeness (QED) is 0.537. The second kappa shape index (κ2) is 3.90. The third kappa shape index (κ3) is 1.85. The van der Waals surface area contributed by atoms with Gasteiger partial charge in [0.25, 0.3) is 5.91 Å². The molecular weight excluding hydrogens is 192 g/mol. The van der Waals surface area contributed by atoms with E-state index in [0.29, 0.717) is 12.2 Å². The maximum Gasteiger partial charge on any atom is 0.251 e. The molecule has 74 valence electrons. The summed E-state index contributed by atoms with van der Waals surface area (Å²) in [5.74, 6) is -0.0263. The van der Waals surface area contributed by atoms with E-state index in [-0.39, 0.29) is 5.91 Å². The van der Waals surface area contributed by atoms with Crippen LogP contribution in [0, 0.1) is 0 Å². The summed E-state index contributed by atoms with van der Waals surface area (Å²) in [5, 5.41) is 0. The standard InChI is InChI=1S/C11H8N2O2/c14-8-12-9-3-5-10(6-4-9)13-7-1-2-11(13)15/h1-6H,7H2. The van der Waals surface area contributed by atoms with Gasteiger partial charge in [0.15, 0.2) is 0 Å². The highest BCUT2D eigenvalue weighted by molar-refractivity contribution is 6.04. The number of carbonyl (C=O) groups is 1. The Kier molecular flexibility index (Phi) is 2.44. The zero-order valence-corrected chi connectivity index (χ0v) is 7.88. The van der Waals surface area contributed by atoms with E-state index < -0.39 is 0 Å². The van der Waals surface area contributed by atoms with Crippen LogP contribution in [0.1, 0.15) is 0 Å². The fourth-order valence-corrected chi connectivity index (χ4v) is 1.43. The van der Waals surface area contributed by atoms with Crippen LogP contribution in [0.25, 0.3) is 0 Å². The first-order valence-corrected chi connectivity index (χ1v) is 4.47. The van der Waals surface area contributed by atoms with Crippen molar-refractivity contribution in [1.29, 1.82) is 0 Å². The van der Waals surface area contributed by atoms with Gasteiger partial charge in [-0.3, -0.25) is 4.79 Å². The maximum absolute atomic E-state index is 11.3. The number of rotatable bonds is 2. The van der Waals surface area contributed by atoms with Crippen LogP contribution in [0.15, 0.2) is 41.4 Å². The van der Waals surface area contributed by atoms with Crippen LogP contribution in [-0.4, -0.2) is 18.5 Å². The number of hydrogen-bond donors (Lipinski definition) is 0. The average molecular weight is 200 g/mol. The van der Waals surface area contributed by atoms with E-state index >= 15 is 0 Å². The average Bonchev–Trinajstić information content (AvgIpc) is 2.66. The van der Waals surface area contributed by atoms with Crippen LogP contribution >= 0.6 is 0 Å². The lowest BCUT2D eigenvalue weighted by molar-refractivity contribution is -0.113. The minimum atomic E-state index is -0.0263. The van der Waals surface area contributed by atoms with Gasteiger partial charge in [-0.2, -0.15) is 4.99 Å². The molecule has 2 rings (SSSR count). The van der Waals surface area contributed by atoms with Crippen molar-refractivity contribution in [2.24, 2.45) is 4.99 Å². The van der Waals surface area contributed by atoms with Crippen molar-refractivity contribution in [3.05, 3.63) is 36.4 Å². The molecule has 1 aliphatic heterocycles. The zero-order chi connectivity index (χ0) is 10.7. The molecule has 0 saturated heterocycles. The molecule has 4 nitrogen and oxygen atoms in total. The first-order chi connectivity index (χ1) is 7.31. The van der Waals surface area contributed by atoms with Gasteiger partial charge < -0.3 is 4.90 Å². The topological polar surface area (TPSA) is 49.7 Å². The zero-order valence-electron chi connectivity index (χ0n) is 7.88. The molecule has 0 atom stereocenters. The Balaban J connectivity index is 2.24. The second-order valence-electron chi connectivity index (χ2n) is 3.07. The van der Waals surface area contributed by atoms with Gasteiger partial charge in [-0.05, 0) is 24.3 Å². The lowest BCUT2D eigenvalue weighted by Crippen LogP contribution is -2.24. The lowest BCUT2D eigenvalue weighted by Gasteiger charge is -2.15. The minimum Gasteiger partial charge on any atom is -0.305 e. The largest absolute Gasteiger partial charge is 0.305 e. The molecular formula is C11H8N2O2. The normalized spacial score (nSPS) is 14.1. The predicted octanol–water partition coefficient (Wildman–Crippen LogP) is 1.56. The van der Waals surface area contributed by atoms with E-state index in [0.717, 1.165) is 5.69 Å². The summed E-state index contributed by atoms with van der Waals surface area (Å²) in [5.41, 5.74) is 1.34. The van der Waals surface area contributed by atoms with Crippen LogP contribution in [-0.2, 0) is 9.59 Å². The summed E-state index contributed by atoms with van der Waals surface area (Å²) in [6.07, 6.45) is 4.81. The number of anilines is 1. The van der Waals surface area contributed by atoms with Crippen molar-refractivity contribution >= 4 is 23.4 Å². The molecule has 0 N–H and O–H groups in total. The fourth-order valence-electron chi connectivity index (χ4n) is 1.43. The highest BCUT2D eigenvalue weighted by Gasteiger charge is 2.15. The molecule has 1 aliphatic rings. The molecule has 0 aromatic heterocycles. The molecule has 15 heavy (non-hydrogen) atoms. The van der Waals surface area contributed by atoms with Gasteiger partial charge in [-0.1, -0.05) is 6.08 Å². The van der Waals surface area contributed by atoms with Crippen LogP contribution in [0.3, 0.4) is 0 Å². The Morgan fingerprint density at radius 3 is 2.53 bits per heavy atom. The van der Waals surface area contributed by atoms with Crippen molar-refractivity contribution in [3.63, 3.8) is 0 Å². The Labute approximate surface area is 86.5 Å². The van der Waals surface area contributed by atoms with E-state index in [1.54, 1.807) is 35.2 Å². The van der Waals surface area contributed by atoms with E-state index in [9.17, 15) is 9.59 Å². The lowest BCUT2D eigenvalue weighted by atomic mass is 10.2. The highest BCUT2D eigenvalue weighted by Crippen LogP contribution is 2.21. The molecule has 0 fully saturated rings. The fraction of sp³-hybridized carbons (Fsp3) is 0.0909. The Morgan fingerprint density at radius 1 is 1.27 bits per heavy atom. The van der Waals surface area contributed by atoms with Gasteiger partial charge in [-0.15, -0.1) is 0 Å². The Morgan fingerprint density at radius 2 is 2.00 bits per heavy atom. The summed E-state index contributed by atoms with van der Waals surface area (Å²) in [7, 11) is 0. The summed E-state index contributed by atoms with van der Waals surface area (Å²) < 4.78 is 0. The molecule has 1 aromatic carbocycles. The molecule has 0 unspecified atom stereocenters. The van der Waals surface area contributed by atoms with Gasteiger partial charge >= 0.3 is 0 Å². The van der Waals surface area contributed by atoms with Crippen LogP contribution in [0.5, 0.6) is 0 Å². The van der Waals surface area contributed by atoms with Crippen LogP contribution < -0.4 is 4.90 Å². The highest BCUT2D eigenvalue weighted by atomic mass is 16.2. The number of hydrogen-bond acceptors (Lipinski definition) is 3. The van der Waals surface area contributed by atoms with Gasteiger partial charge in [0.05, 0.1) is 5.69 Å². The molecule has 0 radical (unpaired) electrons. The third-order valence-corrected chi connectivity index (χ3v) is 2.15. The van der Waals surface area contributed by atoms with Gasteiger partial charge in [0.2, 0.25) is 6.08 Å². The molecule has 1 heterocycles. The number of aliphatic imine (C=N–C) groups is 1. The Hall–Kier alpha value is -2.19. The van der Waals surface area contributed by atoms with Crippen molar-refractivity contribution in [1.82, 2.24) is 0 Å². The van der Waals surface area contributed by atoms with Gasteiger partial charge in [0.1, 0.15) is 0 Å². The van der Waals surface area contributed by atoms with Crippen LogP contribution in [0.4, 0.5) is 11.4 Å². The number of nitrogens with zero attached hydrogens (tertiary/aromatic N) is 2. The molecule has 1 aromatic rings. The number of carbonyl (C=O) groups excluding carboxylic acids is 2. The SMILES string of the molecule is O=C=Nc1ccc(N2CC=CC2=O)cc1.